The predicted molar refractivity (Wildman–Crippen MR) is 86.4 cm³/mol. The Hall–Kier alpha value is -1.18. The maximum atomic E-state index is 6.44. The minimum Gasteiger partial charge on any atom is -0.469 e. The van der Waals surface area contributed by atoms with E-state index in [1.807, 2.05) is 20.9 Å². The van der Waals surface area contributed by atoms with E-state index in [1.165, 1.54) is 11.3 Å². The quantitative estimate of drug-likeness (QED) is 0.836. The molecule has 3 rings (SSSR count). The van der Waals surface area contributed by atoms with Gasteiger partial charge in [-0.25, -0.2) is 0 Å². The molecule has 2 aromatic rings. The average Bonchev–Trinajstić information content (AvgIpc) is 3.15. The first-order valence-electron chi connectivity index (χ1n) is 7.48. The minimum atomic E-state index is 0.306. The van der Waals surface area contributed by atoms with Crippen molar-refractivity contribution >= 4 is 22.9 Å². The first-order valence-corrected chi connectivity index (χ1v) is 8.67. The molecule has 0 unspecified atom stereocenters. The van der Waals surface area contributed by atoms with Crippen molar-refractivity contribution in [1.29, 1.82) is 0 Å². The van der Waals surface area contributed by atoms with Gasteiger partial charge in [0, 0.05) is 18.7 Å². The van der Waals surface area contributed by atoms with E-state index < -0.39 is 0 Å². The summed E-state index contributed by atoms with van der Waals surface area (Å²) >= 11 is 7.95. The van der Waals surface area contributed by atoms with Gasteiger partial charge in [-0.2, -0.15) is 5.10 Å². The lowest BCUT2D eigenvalue weighted by Crippen LogP contribution is -2.23. The first kappa shape index (κ1) is 15.7. The Bertz CT molecular complexity index is 656. The van der Waals surface area contributed by atoms with Crippen LogP contribution in [0.25, 0.3) is 0 Å². The maximum Gasteiger partial charge on any atom is 0.294 e. The predicted octanol–water partition coefficient (Wildman–Crippen LogP) is 2.97. The number of likely N-dealkylation sites (tertiary alicyclic amines) is 1. The van der Waals surface area contributed by atoms with Crippen LogP contribution in [-0.2, 0) is 13.6 Å². The van der Waals surface area contributed by atoms with Crippen molar-refractivity contribution < 1.29 is 4.74 Å². The lowest BCUT2D eigenvalue weighted by Gasteiger charge is -2.23. The van der Waals surface area contributed by atoms with Gasteiger partial charge in [0.05, 0.1) is 18.8 Å². The van der Waals surface area contributed by atoms with Crippen LogP contribution in [0.4, 0.5) is 0 Å². The van der Waals surface area contributed by atoms with E-state index in [9.17, 15) is 0 Å². The second kappa shape index (κ2) is 6.52. The summed E-state index contributed by atoms with van der Waals surface area (Å²) in [6.45, 7) is 6.41. The van der Waals surface area contributed by atoms with Crippen molar-refractivity contribution in [2.75, 3.05) is 13.2 Å². The number of ether oxygens (including phenoxy) is 1. The van der Waals surface area contributed by atoms with Crippen molar-refractivity contribution in [2.45, 2.75) is 39.3 Å². The van der Waals surface area contributed by atoms with Gasteiger partial charge in [-0.1, -0.05) is 22.9 Å². The van der Waals surface area contributed by atoms with Gasteiger partial charge in [0.15, 0.2) is 0 Å². The highest BCUT2D eigenvalue weighted by Crippen LogP contribution is 2.38. The third-order valence-corrected chi connectivity index (χ3v) is 5.22. The van der Waals surface area contributed by atoms with Crippen LogP contribution in [0.3, 0.4) is 0 Å². The lowest BCUT2D eigenvalue weighted by molar-refractivity contribution is 0.247. The van der Waals surface area contributed by atoms with E-state index in [0.717, 1.165) is 47.3 Å². The van der Waals surface area contributed by atoms with Crippen LogP contribution in [0.5, 0.6) is 5.19 Å². The summed E-state index contributed by atoms with van der Waals surface area (Å²) in [7, 11) is 1.89. The summed E-state index contributed by atoms with van der Waals surface area (Å²) in [5.41, 5.74) is 2.16. The fourth-order valence-corrected chi connectivity index (χ4v) is 4.10. The van der Waals surface area contributed by atoms with Gasteiger partial charge in [-0.05, 0) is 33.2 Å². The molecule has 0 amide bonds. The summed E-state index contributed by atoms with van der Waals surface area (Å²) in [5, 5.41) is 15.1. The monoisotopic (exact) mass is 341 g/mol. The second-order valence-corrected chi connectivity index (χ2v) is 6.82. The molecular weight excluding hydrogens is 322 g/mol. The molecule has 0 spiro atoms. The van der Waals surface area contributed by atoms with Gasteiger partial charge in [-0.3, -0.25) is 9.58 Å². The molecule has 0 bridgehead atoms. The molecule has 8 heteroatoms. The molecule has 0 N–H and O–H groups in total. The third-order valence-electron chi connectivity index (χ3n) is 3.95. The minimum absolute atomic E-state index is 0.306. The van der Waals surface area contributed by atoms with Crippen molar-refractivity contribution in [3.05, 3.63) is 21.4 Å². The van der Waals surface area contributed by atoms with Gasteiger partial charge in [0.25, 0.3) is 5.19 Å². The number of nitrogens with zero attached hydrogens (tertiary/aromatic N) is 5. The molecule has 1 saturated heterocycles. The number of halogens is 1. The Labute approximate surface area is 139 Å². The molecule has 0 aromatic carbocycles. The van der Waals surface area contributed by atoms with Gasteiger partial charge >= 0.3 is 0 Å². The van der Waals surface area contributed by atoms with Crippen LogP contribution >= 0.6 is 22.9 Å². The fraction of sp³-hybridized carbons (Fsp3) is 0.643. The van der Waals surface area contributed by atoms with Crippen LogP contribution in [0.2, 0.25) is 5.15 Å². The molecule has 0 aliphatic carbocycles. The summed E-state index contributed by atoms with van der Waals surface area (Å²) in [6.07, 6.45) is 2.26. The molecule has 0 saturated carbocycles. The van der Waals surface area contributed by atoms with Crippen LogP contribution in [0.1, 0.15) is 42.1 Å². The number of aromatic nitrogens is 4. The molecular formula is C14H20ClN5OS. The molecule has 1 fully saturated rings. The zero-order valence-electron chi connectivity index (χ0n) is 13.0. The van der Waals surface area contributed by atoms with Gasteiger partial charge in [0.2, 0.25) is 0 Å². The van der Waals surface area contributed by atoms with E-state index in [0.29, 0.717) is 17.8 Å². The summed E-state index contributed by atoms with van der Waals surface area (Å²) < 4.78 is 7.15. The van der Waals surface area contributed by atoms with E-state index >= 15 is 0 Å². The number of hydrogen-bond acceptors (Lipinski definition) is 6. The molecule has 2 aromatic heterocycles. The molecule has 1 aliphatic heterocycles. The van der Waals surface area contributed by atoms with E-state index in [4.69, 9.17) is 16.3 Å². The van der Waals surface area contributed by atoms with Crippen LogP contribution < -0.4 is 4.74 Å². The SMILES string of the molecule is CCOc1nnc(CN2CCC[C@H]2c2c(C)nn(C)c2Cl)s1. The highest BCUT2D eigenvalue weighted by molar-refractivity contribution is 7.13. The third kappa shape index (κ3) is 2.98. The fourth-order valence-electron chi connectivity index (χ4n) is 3.02. The van der Waals surface area contributed by atoms with Crippen molar-refractivity contribution in [3.8, 4) is 5.19 Å². The highest BCUT2D eigenvalue weighted by Gasteiger charge is 2.31. The Balaban J connectivity index is 1.78. The molecule has 3 heterocycles. The zero-order chi connectivity index (χ0) is 15.7. The van der Waals surface area contributed by atoms with Crippen LogP contribution in [0.15, 0.2) is 0 Å². The van der Waals surface area contributed by atoms with Crippen molar-refractivity contribution in [3.63, 3.8) is 0 Å². The zero-order valence-corrected chi connectivity index (χ0v) is 14.6. The molecule has 1 aliphatic rings. The van der Waals surface area contributed by atoms with E-state index in [-0.39, 0.29) is 0 Å². The van der Waals surface area contributed by atoms with Gasteiger partial charge in [0.1, 0.15) is 10.2 Å². The smallest absolute Gasteiger partial charge is 0.294 e. The lowest BCUT2D eigenvalue weighted by atomic mass is 10.1. The van der Waals surface area contributed by atoms with Crippen molar-refractivity contribution in [1.82, 2.24) is 24.9 Å². The average molecular weight is 342 g/mol. The summed E-state index contributed by atoms with van der Waals surface area (Å²) in [6, 6.07) is 0.306. The highest BCUT2D eigenvalue weighted by atomic mass is 35.5. The van der Waals surface area contributed by atoms with Crippen LogP contribution in [-0.4, -0.2) is 38.0 Å². The van der Waals surface area contributed by atoms with E-state index in [2.05, 4.69) is 20.2 Å². The normalized spacial score (nSPS) is 19.0. The van der Waals surface area contributed by atoms with Crippen LogP contribution in [0, 0.1) is 6.92 Å². The first-order chi connectivity index (χ1) is 10.6. The molecule has 120 valence electrons. The molecule has 1 atom stereocenters. The standard InChI is InChI=1S/C14H20ClN5OS/c1-4-21-14-17-16-11(22-14)8-20-7-5-6-10(20)12-9(2)18-19(3)13(12)15/h10H,4-8H2,1-3H3/t10-/m0/s1. The number of hydrogen-bond donors (Lipinski definition) is 0. The number of rotatable bonds is 5. The Morgan fingerprint density at radius 3 is 2.91 bits per heavy atom. The summed E-state index contributed by atoms with van der Waals surface area (Å²) in [5.74, 6) is 0. The van der Waals surface area contributed by atoms with Crippen molar-refractivity contribution in [2.24, 2.45) is 7.05 Å². The largest absolute Gasteiger partial charge is 0.469 e. The number of aryl methyl sites for hydroxylation is 2. The van der Waals surface area contributed by atoms with Gasteiger partial charge in [-0.15, -0.1) is 10.2 Å². The molecule has 6 nitrogen and oxygen atoms in total. The molecule has 22 heavy (non-hydrogen) atoms. The Morgan fingerprint density at radius 1 is 1.41 bits per heavy atom. The van der Waals surface area contributed by atoms with Gasteiger partial charge < -0.3 is 4.74 Å². The Morgan fingerprint density at radius 2 is 2.23 bits per heavy atom. The second-order valence-electron chi connectivity index (χ2n) is 5.44. The van der Waals surface area contributed by atoms with E-state index in [1.54, 1.807) is 4.68 Å². The molecule has 0 radical (unpaired) electrons. The topological polar surface area (TPSA) is 56.1 Å². The Kier molecular flexibility index (Phi) is 4.65. The maximum absolute atomic E-state index is 6.44. The summed E-state index contributed by atoms with van der Waals surface area (Å²) in [4.78, 5) is 2.41.